The minimum atomic E-state index is 0.543. The predicted octanol–water partition coefficient (Wildman–Crippen LogP) is 3.17. The van der Waals surface area contributed by atoms with Crippen molar-refractivity contribution in [1.82, 2.24) is 0 Å². The van der Waals surface area contributed by atoms with Crippen LogP contribution in [-0.2, 0) is 0 Å². The van der Waals surface area contributed by atoms with Crippen LogP contribution in [0.4, 0.5) is 5.69 Å². The van der Waals surface area contributed by atoms with Gasteiger partial charge in [-0.2, -0.15) is 0 Å². The number of ether oxygens (including phenoxy) is 1. The highest BCUT2D eigenvalue weighted by atomic mass is 35.5. The van der Waals surface area contributed by atoms with Crippen LogP contribution in [0.2, 0.25) is 0 Å². The Labute approximate surface area is 89.5 Å². The van der Waals surface area contributed by atoms with E-state index < -0.39 is 0 Å². The number of benzene rings is 1. The SMILES string of the molecule is C=C(Cl)CNc1cc(C)ccc1OC. The molecule has 2 nitrogen and oxygen atoms in total. The Morgan fingerprint density at radius 1 is 1.57 bits per heavy atom. The molecule has 0 aliphatic heterocycles. The summed E-state index contributed by atoms with van der Waals surface area (Å²) in [7, 11) is 1.64. The van der Waals surface area contributed by atoms with Crippen LogP contribution in [-0.4, -0.2) is 13.7 Å². The summed E-state index contributed by atoms with van der Waals surface area (Å²) in [6.45, 7) is 6.18. The molecule has 1 rings (SSSR count). The summed E-state index contributed by atoms with van der Waals surface area (Å²) in [4.78, 5) is 0. The van der Waals surface area contributed by atoms with Crippen LogP contribution < -0.4 is 10.1 Å². The first-order valence-electron chi connectivity index (χ1n) is 4.35. The molecule has 76 valence electrons. The van der Waals surface area contributed by atoms with E-state index in [1.165, 1.54) is 5.56 Å². The van der Waals surface area contributed by atoms with Crippen molar-refractivity contribution in [2.24, 2.45) is 0 Å². The van der Waals surface area contributed by atoms with Crippen molar-refractivity contribution in [1.29, 1.82) is 0 Å². The van der Waals surface area contributed by atoms with E-state index in [4.69, 9.17) is 16.3 Å². The van der Waals surface area contributed by atoms with Gasteiger partial charge >= 0.3 is 0 Å². The van der Waals surface area contributed by atoms with E-state index in [1.54, 1.807) is 7.11 Å². The normalized spacial score (nSPS) is 9.64. The molecule has 0 aromatic heterocycles. The van der Waals surface area contributed by atoms with E-state index in [0.717, 1.165) is 11.4 Å². The van der Waals surface area contributed by atoms with E-state index in [9.17, 15) is 0 Å². The minimum absolute atomic E-state index is 0.543. The topological polar surface area (TPSA) is 21.3 Å². The first-order chi connectivity index (χ1) is 6.63. The number of hydrogen-bond acceptors (Lipinski definition) is 2. The molecule has 0 saturated carbocycles. The number of methoxy groups -OCH3 is 1. The van der Waals surface area contributed by atoms with Crippen molar-refractivity contribution in [2.45, 2.75) is 6.92 Å². The molecule has 0 atom stereocenters. The maximum atomic E-state index is 5.67. The van der Waals surface area contributed by atoms with Gasteiger partial charge in [0.25, 0.3) is 0 Å². The van der Waals surface area contributed by atoms with Crippen LogP contribution in [0.15, 0.2) is 29.8 Å². The molecule has 0 radical (unpaired) electrons. The van der Waals surface area contributed by atoms with Crippen LogP contribution >= 0.6 is 11.6 Å². The maximum Gasteiger partial charge on any atom is 0.141 e. The summed E-state index contributed by atoms with van der Waals surface area (Å²) >= 11 is 5.67. The molecule has 0 amide bonds. The molecule has 0 saturated heterocycles. The molecule has 14 heavy (non-hydrogen) atoms. The average molecular weight is 212 g/mol. The molecule has 0 fully saturated rings. The summed E-state index contributed by atoms with van der Waals surface area (Å²) in [5.41, 5.74) is 2.11. The van der Waals surface area contributed by atoms with Crippen LogP contribution in [0.25, 0.3) is 0 Å². The third-order valence-electron chi connectivity index (χ3n) is 1.83. The first-order valence-corrected chi connectivity index (χ1v) is 4.73. The van der Waals surface area contributed by atoms with Gasteiger partial charge in [0.15, 0.2) is 0 Å². The van der Waals surface area contributed by atoms with Gasteiger partial charge in [0, 0.05) is 5.03 Å². The fourth-order valence-corrected chi connectivity index (χ4v) is 1.22. The van der Waals surface area contributed by atoms with Gasteiger partial charge in [-0.05, 0) is 24.6 Å². The third kappa shape index (κ3) is 2.96. The van der Waals surface area contributed by atoms with Gasteiger partial charge in [0.2, 0.25) is 0 Å². The molecule has 0 aliphatic carbocycles. The summed E-state index contributed by atoms with van der Waals surface area (Å²) in [5, 5.41) is 3.73. The maximum absolute atomic E-state index is 5.67. The van der Waals surface area contributed by atoms with Gasteiger partial charge in [-0.3, -0.25) is 0 Å². The van der Waals surface area contributed by atoms with Gasteiger partial charge in [0.05, 0.1) is 19.3 Å². The zero-order chi connectivity index (χ0) is 10.6. The second-order valence-electron chi connectivity index (χ2n) is 3.07. The molecule has 1 aromatic rings. The Bertz CT molecular complexity index is 336. The number of anilines is 1. The lowest BCUT2D eigenvalue weighted by atomic mass is 10.2. The Balaban J connectivity index is 2.82. The van der Waals surface area contributed by atoms with Gasteiger partial charge < -0.3 is 10.1 Å². The molecule has 0 spiro atoms. The van der Waals surface area contributed by atoms with E-state index >= 15 is 0 Å². The lowest BCUT2D eigenvalue weighted by Crippen LogP contribution is -2.02. The van der Waals surface area contributed by atoms with Gasteiger partial charge in [-0.15, -0.1) is 0 Å². The van der Waals surface area contributed by atoms with E-state index in [1.807, 2.05) is 25.1 Å². The molecular weight excluding hydrogens is 198 g/mol. The Kier molecular flexibility index (Phi) is 3.84. The molecule has 1 N–H and O–H groups in total. The van der Waals surface area contributed by atoms with Crippen molar-refractivity contribution >= 4 is 17.3 Å². The number of rotatable bonds is 4. The quantitative estimate of drug-likeness (QED) is 0.826. The van der Waals surface area contributed by atoms with Crippen LogP contribution in [0.3, 0.4) is 0 Å². The first kappa shape index (κ1) is 10.9. The Hall–Kier alpha value is -1.15. The van der Waals surface area contributed by atoms with Crippen LogP contribution in [0.1, 0.15) is 5.56 Å². The van der Waals surface area contributed by atoms with Crippen molar-refractivity contribution in [3.05, 3.63) is 35.4 Å². The number of hydrogen-bond donors (Lipinski definition) is 1. The fourth-order valence-electron chi connectivity index (χ4n) is 1.15. The third-order valence-corrected chi connectivity index (χ3v) is 1.96. The zero-order valence-electron chi connectivity index (χ0n) is 8.43. The largest absolute Gasteiger partial charge is 0.495 e. The average Bonchev–Trinajstić information content (AvgIpc) is 2.15. The smallest absolute Gasteiger partial charge is 0.141 e. The molecular formula is C11H14ClNO. The lowest BCUT2D eigenvalue weighted by molar-refractivity contribution is 0.416. The van der Waals surface area contributed by atoms with Crippen molar-refractivity contribution in [3.8, 4) is 5.75 Å². The van der Waals surface area contributed by atoms with Gasteiger partial charge in [-0.1, -0.05) is 24.2 Å². The van der Waals surface area contributed by atoms with Crippen LogP contribution in [0, 0.1) is 6.92 Å². The second kappa shape index (κ2) is 4.91. The molecule has 0 unspecified atom stereocenters. The lowest BCUT2D eigenvalue weighted by Gasteiger charge is -2.11. The van der Waals surface area contributed by atoms with Gasteiger partial charge in [-0.25, -0.2) is 0 Å². The summed E-state index contributed by atoms with van der Waals surface area (Å²) in [6.07, 6.45) is 0. The zero-order valence-corrected chi connectivity index (χ0v) is 9.19. The standard InChI is InChI=1S/C11H14ClNO/c1-8-4-5-11(14-3)10(6-8)13-7-9(2)12/h4-6,13H,2,7H2,1,3H3. The number of nitrogens with one attached hydrogen (secondary N) is 1. The number of halogens is 1. The van der Waals surface area contributed by atoms with E-state index in [-0.39, 0.29) is 0 Å². The molecule has 0 aliphatic rings. The monoisotopic (exact) mass is 211 g/mol. The molecule has 3 heteroatoms. The van der Waals surface area contributed by atoms with Crippen molar-refractivity contribution in [3.63, 3.8) is 0 Å². The summed E-state index contributed by atoms with van der Waals surface area (Å²) in [6, 6.07) is 5.94. The van der Waals surface area contributed by atoms with E-state index in [0.29, 0.717) is 11.6 Å². The number of aryl methyl sites for hydroxylation is 1. The van der Waals surface area contributed by atoms with Crippen molar-refractivity contribution < 1.29 is 4.74 Å². The highest BCUT2D eigenvalue weighted by Gasteiger charge is 2.01. The summed E-state index contributed by atoms with van der Waals surface area (Å²) in [5.74, 6) is 0.813. The molecule has 0 bridgehead atoms. The Morgan fingerprint density at radius 2 is 2.29 bits per heavy atom. The van der Waals surface area contributed by atoms with E-state index in [2.05, 4.69) is 11.9 Å². The predicted molar refractivity (Wildman–Crippen MR) is 61.2 cm³/mol. The van der Waals surface area contributed by atoms with Crippen LogP contribution in [0.5, 0.6) is 5.75 Å². The minimum Gasteiger partial charge on any atom is -0.495 e. The summed E-state index contributed by atoms with van der Waals surface area (Å²) < 4.78 is 5.20. The molecule has 1 aromatic carbocycles. The Morgan fingerprint density at radius 3 is 2.86 bits per heavy atom. The molecule has 0 heterocycles. The highest BCUT2D eigenvalue weighted by Crippen LogP contribution is 2.25. The van der Waals surface area contributed by atoms with Crippen molar-refractivity contribution in [2.75, 3.05) is 19.0 Å². The van der Waals surface area contributed by atoms with Gasteiger partial charge in [0.1, 0.15) is 5.75 Å². The highest BCUT2D eigenvalue weighted by molar-refractivity contribution is 6.29. The fraction of sp³-hybridized carbons (Fsp3) is 0.273. The second-order valence-corrected chi connectivity index (χ2v) is 3.61.